The highest BCUT2D eigenvalue weighted by Crippen LogP contribution is 2.26. The molecule has 0 saturated carbocycles. The fourth-order valence-corrected chi connectivity index (χ4v) is 2.09. The second-order valence-electron chi connectivity index (χ2n) is 4.91. The molecule has 2 rings (SSSR count). The molecular weight excluding hydrogens is 320 g/mol. The van der Waals surface area contributed by atoms with Gasteiger partial charge in [-0.1, -0.05) is 24.8 Å². The fourth-order valence-electron chi connectivity index (χ4n) is 2.09. The maximum absolute atomic E-state index is 12.3. The van der Waals surface area contributed by atoms with Crippen molar-refractivity contribution >= 4 is 12.1 Å². The van der Waals surface area contributed by atoms with Crippen LogP contribution < -0.4 is 19.6 Å². The smallest absolute Gasteiger partial charge is 0.275 e. The van der Waals surface area contributed by atoms with Crippen LogP contribution >= 0.6 is 0 Å². The van der Waals surface area contributed by atoms with E-state index in [0.29, 0.717) is 29.4 Å². The van der Waals surface area contributed by atoms with Gasteiger partial charge in [-0.15, -0.1) is 0 Å². The minimum absolute atomic E-state index is 0.319. The fraction of sp³-hybridized carbons (Fsp3) is 0.158. The second kappa shape index (κ2) is 9.12. The number of carbonyl (C=O) groups excluding carboxylic acids is 1. The van der Waals surface area contributed by atoms with Crippen molar-refractivity contribution < 1.29 is 19.0 Å². The minimum Gasteiger partial charge on any atom is -0.493 e. The normalized spacial score (nSPS) is 10.3. The van der Waals surface area contributed by atoms with Gasteiger partial charge in [0.2, 0.25) is 0 Å². The summed E-state index contributed by atoms with van der Waals surface area (Å²) in [5.74, 6) is 1.32. The summed E-state index contributed by atoms with van der Waals surface area (Å²) in [6.07, 6.45) is 3.14. The molecule has 0 aliphatic heterocycles. The number of hydrogen-bond acceptors (Lipinski definition) is 5. The Morgan fingerprint density at radius 1 is 1.12 bits per heavy atom. The van der Waals surface area contributed by atoms with Gasteiger partial charge in [-0.25, -0.2) is 5.43 Å². The molecule has 0 unspecified atom stereocenters. The lowest BCUT2D eigenvalue weighted by molar-refractivity contribution is 0.0951. The molecule has 0 atom stereocenters. The average Bonchev–Trinajstić information content (AvgIpc) is 2.66. The highest BCUT2D eigenvalue weighted by molar-refractivity contribution is 5.97. The van der Waals surface area contributed by atoms with Crippen LogP contribution in [0.25, 0.3) is 0 Å². The van der Waals surface area contributed by atoms with E-state index in [1.165, 1.54) is 6.21 Å². The molecule has 0 aromatic heterocycles. The van der Waals surface area contributed by atoms with Crippen LogP contribution in [0.15, 0.2) is 60.2 Å². The molecule has 1 N–H and O–H groups in total. The maximum Gasteiger partial charge on any atom is 0.275 e. The lowest BCUT2D eigenvalue weighted by Crippen LogP contribution is -2.18. The second-order valence-corrected chi connectivity index (χ2v) is 4.91. The SMILES string of the molecule is C=CCOc1ccccc1C(=O)NN=Cc1ccc(OC)c(OC)c1. The van der Waals surface area contributed by atoms with Crippen molar-refractivity contribution in [2.45, 2.75) is 0 Å². The summed E-state index contributed by atoms with van der Waals surface area (Å²) < 4.78 is 15.9. The van der Waals surface area contributed by atoms with E-state index in [2.05, 4.69) is 17.1 Å². The molecule has 2 aromatic rings. The van der Waals surface area contributed by atoms with Gasteiger partial charge in [0.1, 0.15) is 12.4 Å². The number of hydrogen-bond donors (Lipinski definition) is 1. The predicted octanol–water partition coefficient (Wildman–Crippen LogP) is 3.03. The number of carbonyl (C=O) groups is 1. The summed E-state index contributed by atoms with van der Waals surface area (Å²) >= 11 is 0. The molecule has 0 saturated heterocycles. The third-order valence-electron chi connectivity index (χ3n) is 3.28. The Bertz CT molecular complexity index is 772. The summed E-state index contributed by atoms with van der Waals surface area (Å²) in [6.45, 7) is 3.91. The van der Waals surface area contributed by atoms with Crippen molar-refractivity contribution in [2.24, 2.45) is 5.10 Å². The maximum atomic E-state index is 12.3. The molecule has 6 nitrogen and oxygen atoms in total. The Labute approximate surface area is 146 Å². The zero-order valence-electron chi connectivity index (χ0n) is 14.2. The summed E-state index contributed by atoms with van der Waals surface area (Å²) in [7, 11) is 3.12. The van der Waals surface area contributed by atoms with Gasteiger partial charge in [0.25, 0.3) is 5.91 Å². The minimum atomic E-state index is -0.364. The topological polar surface area (TPSA) is 69.2 Å². The molecule has 2 aromatic carbocycles. The Hall–Kier alpha value is -3.28. The summed E-state index contributed by atoms with van der Waals surface area (Å²) in [4.78, 5) is 12.3. The number of ether oxygens (including phenoxy) is 3. The van der Waals surface area contributed by atoms with E-state index in [1.807, 2.05) is 0 Å². The van der Waals surface area contributed by atoms with Crippen LogP contribution in [0, 0.1) is 0 Å². The van der Waals surface area contributed by atoms with E-state index in [9.17, 15) is 4.79 Å². The van der Waals surface area contributed by atoms with Gasteiger partial charge in [-0.3, -0.25) is 4.79 Å². The highest BCUT2D eigenvalue weighted by Gasteiger charge is 2.11. The van der Waals surface area contributed by atoms with Crippen molar-refractivity contribution in [2.75, 3.05) is 20.8 Å². The Balaban J connectivity index is 2.07. The van der Waals surface area contributed by atoms with Crippen molar-refractivity contribution in [1.82, 2.24) is 5.43 Å². The first-order valence-electron chi connectivity index (χ1n) is 7.57. The van der Waals surface area contributed by atoms with Crippen molar-refractivity contribution in [3.63, 3.8) is 0 Å². The van der Waals surface area contributed by atoms with Crippen LogP contribution in [0.5, 0.6) is 17.2 Å². The Morgan fingerprint density at radius 3 is 2.60 bits per heavy atom. The molecule has 0 heterocycles. The summed E-state index contributed by atoms with van der Waals surface area (Å²) in [5.41, 5.74) is 3.64. The van der Waals surface area contributed by atoms with E-state index >= 15 is 0 Å². The number of nitrogens with zero attached hydrogens (tertiary/aromatic N) is 1. The third-order valence-corrected chi connectivity index (χ3v) is 3.28. The first kappa shape index (κ1) is 18.1. The van der Waals surface area contributed by atoms with Crippen molar-refractivity contribution in [3.8, 4) is 17.2 Å². The lowest BCUT2D eigenvalue weighted by Gasteiger charge is -2.09. The lowest BCUT2D eigenvalue weighted by atomic mass is 10.2. The van der Waals surface area contributed by atoms with Gasteiger partial charge in [0, 0.05) is 0 Å². The largest absolute Gasteiger partial charge is 0.493 e. The number of para-hydroxylation sites is 1. The number of rotatable bonds is 8. The third kappa shape index (κ3) is 4.84. The van der Waals surface area contributed by atoms with Crippen LogP contribution in [-0.2, 0) is 0 Å². The monoisotopic (exact) mass is 340 g/mol. The molecule has 0 radical (unpaired) electrons. The standard InChI is InChI=1S/C19H20N2O4/c1-4-11-25-16-8-6-5-7-15(16)19(22)21-20-13-14-9-10-17(23-2)18(12-14)24-3/h4-10,12-13H,1,11H2,2-3H3,(H,21,22). The van der Waals surface area contributed by atoms with E-state index in [1.54, 1.807) is 62.8 Å². The van der Waals surface area contributed by atoms with E-state index < -0.39 is 0 Å². The molecule has 0 aliphatic carbocycles. The van der Waals surface area contributed by atoms with Gasteiger partial charge in [-0.05, 0) is 35.9 Å². The first-order chi connectivity index (χ1) is 12.2. The van der Waals surface area contributed by atoms with Gasteiger partial charge in [-0.2, -0.15) is 5.10 Å². The van der Waals surface area contributed by atoms with Crippen LogP contribution in [-0.4, -0.2) is 32.9 Å². The van der Waals surface area contributed by atoms with Crippen LogP contribution in [0.4, 0.5) is 0 Å². The molecule has 0 spiro atoms. The van der Waals surface area contributed by atoms with Gasteiger partial charge >= 0.3 is 0 Å². The van der Waals surface area contributed by atoms with E-state index in [4.69, 9.17) is 14.2 Å². The Morgan fingerprint density at radius 2 is 1.88 bits per heavy atom. The van der Waals surface area contributed by atoms with Gasteiger partial charge < -0.3 is 14.2 Å². The number of benzene rings is 2. The molecule has 0 bridgehead atoms. The van der Waals surface area contributed by atoms with Crippen molar-refractivity contribution in [1.29, 1.82) is 0 Å². The molecule has 0 aliphatic rings. The molecule has 0 fully saturated rings. The quantitative estimate of drug-likeness (QED) is 0.456. The molecular formula is C19H20N2O4. The van der Waals surface area contributed by atoms with Gasteiger partial charge in [0.05, 0.1) is 26.0 Å². The van der Waals surface area contributed by atoms with Crippen LogP contribution in [0.1, 0.15) is 15.9 Å². The van der Waals surface area contributed by atoms with E-state index in [0.717, 1.165) is 5.56 Å². The Kier molecular flexibility index (Phi) is 6.59. The molecule has 1 amide bonds. The molecule has 6 heteroatoms. The zero-order valence-corrected chi connectivity index (χ0v) is 14.2. The van der Waals surface area contributed by atoms with Crippen LogP contribution in [0.2, 0.25) is 0 Å². The van der Waals surface area contributed by atoms with E-state index in [-0.39, 0.29) is 5.91 Å². The predicted molar refractivity (Wildman–Crippen MR) is 96.7 cm³/mol. The summed E-state index contributed by atoms with van der Waals surface area (Å²) in [5, 5.41) is 3.97. The van der Waals surface area contributed by atoms with Gasteiger partial charge in [0.15, 0.2) is 11.5 Å². The molecule has 130 valence electrons. The molecule has 25 heavy (non-hydrogen) atoms. The number of amides is 1. The summed E-state index contributed by atoms with van der Waals surface area (Å²) in [6, 6.07) is 12.3. The van der Waals surface area contributed by atoms with Crippen molar-refractivity contribution in [3.05, 3.63) is 66.2 Å². The average molecular weight is 340 g/mol. The van der Waals surface area contributed by atoms with Crippen LogP contribution in [0.3, 0.4) is 0 Å². The number of nitrogens with one attached hydrogen (secondary N) is 1. The zero-order chi connectivity index (χ0) is 18.1. The highest BCUT2D eigenvalue weighted by atomic mass is 16.5. The first-order valence-corrected chi connectivity index (χ1v) is 7.57. The number of hydrazone groups is 1. The number of methoxy groups -OCH3 is 2.